The van der Waals surface area contributed by atoms with Gasteiger partial charge in [0.25, 0.3) is 0 Å². The average Bonchev–Trinajstić information content (AvgIpc) is 3.59. The van der Waals surface area contributed by atoms with E-state index in [9.17, 15) is 0 Å². The van der Waals surface area contributed by atoms with Crippen LogP contribution in [0.3, 0.4) is 0 Å². The predicted molar refractivity (Wildman–Crippen MR) is 146 cm³/mol. The molecule has 162 valence electrons. The van der Waals surface area contributed by atoms with E-state index in [2.05, 4.69) is 108 Å². The summed E-state index contributed by atoms with van der Waals surface area (Å²) in [6, 6.07) is 38.6. The number of aromatic nitrogens is 1. The van der Waals surface area contributed by atoms with E-state index in [0.29, 0.717) is 0 Å². The number of fused-ring (bicyclic) bond motifs is 16. The number of hydrogen-bond acceptors (Lipinski definition) is 0. The van der Waals surface area contributed by atoms with E-state index < -0.39 is 0 Å². The van der Waals surface area contributed by atoms with Crippen molar-refractivity contribution in [1.29, 1.82) is 0 Å². The van der Waals surface area contributed by atoms with Gasteiger partial charge in [-0.15, -0.1) is 0 Å². The molecule has 2 heterocycles. The van der Waals surface area contributed by atoms with Crippen molar-refractivity contribution in [1.82, 2.24) is 4.40 Å². The van der Waals surface area contributed by atoms with Gasteiger partial charge in [0.05, 0.1) is 16.6 Å². The lowest BCUT2D eigenvalue weighted by molar-refractivity contribution is 1.26. The second-order valence-electron chi connectivity index (χ2n) is 10.1. The summed E-state index contributed by atoms with van der Waals surface area (Å²) < 4.78 is 2.50. The second-order valence-corrected chi connectivity index (χ2v) is 10.1. The summed E-state index contributed by atoms with van der Waals surface area (Å²) in [7, 11) is 0. The van der Waals surface area contributed by atoms with Crippen LogP contribution in [0.2, 0.25) is 0 Å². The van der Waals surface area contributed by atoms with Crippen molar-refractivity contribution in [3.63, 3.8) is 0 Å². The highest BCUT2D eigenvalue weighted by atomic mass is 14.9. The number of benzene rings is 5. The molecular weight excluding hydrogens is 422 g/mol. The van der Waals surface area contributed by atoms with Crippen LogP contribution in [0, 0.1) is 0 Å². The molecule has 0 atom stereocenters. The van der Waals surface area contributed by atoms with E-state index in [1.165, 1.54) is 82.6 Å². The Labute approximate surface area is 202 Å². The monoisotopic (exact) mass is 443 g/mol. The molecule has 0 aliphatic heterocycles. The molecule has 0 bridgehead atoms. The topological polar surface area (TPSA) is 4.41 Å². The van der Waals surface area contributed by atoms with Crippen LogP contribution in [0.4, 0.5) is 0 Å². The van der Waals surface area contributed by atoms with Crippen LogP contribution in [0.5, 0.6) is 0 Å². The first-order chi connectivity index (χ1) is 17.4. The van der Waals surface area contributed by atoms with Gasteiger partial charge in [-0.1, -0.05) is 84.9 Å². The number of rotatable bonds is 0. The smallest absolute Gasteiger partial charge is 0.0547 e. The van der Waals surface area contributed by atoms with Gasteiger partial charge in [-0.05, 0) is 80.9 Å². The molecule has 1 heteroatoms. The van der Waals surface area contributed by atoms with Crippen molar-refractivity contribution in [3.05, 3.63) is 125 Å². The van der Waals surface area contributed by atoms with Crippen molar-refractivity contribution < 1.29 is 0 Å². The summed E-state index contributed by atoms with van der Waals surface area (Å²) in [6.45, 7) is 0. The highest BCUT2D eigenvalue weighted by Gasteiger charge is 2.27. The Morgan fingerprint density at radius 1 is 0.457 bits per heavy atom. The Kier molecular flexibility index (Phi) is 3.19. The highest BCUT2D eigenvalue weighted by Crippen LogP contribution is 2.48. The van der Waals surface area contributed by atoms with Crippen LogP contribution in [-0.2, 0) is 12.8 Å². The van der Waals surface area contributed by atoms with Crippen molar-refractivity contribution >= 4 is 38.1 Å². The maximum absolute atomic E-state index is 2.50. The van der Waals surface area contributed by atoms with Gasteiger partial charge < -0.3 is 4.40 Å². The van der Waals surface area contributed by atoms with Crippen molar-refractivity contribution in [2.24, 2.45) is 0 Å². The maximum atomic E-state index is 2.50. The molecule has 9 rings (SSSR count). The van der Waals surface area contributed by atoms with Crippen LogP contribution < -0.4 is 0 Å². The fourth-order valence-electron chi connectivity index (χ4n) is 6.99. The molecule has 2 aromatic heterocycles. The van der Waals surface area contributed by atoms with Gasteiger partial charge >= 0.3 is 0 Å². The summed E-state index contributed by atoms with van der Waals surface area (Å²) in [5.74, 6) is 0. The normalized spacial score (nSPS) is 13.5. The molecule has 1 nitrogen and oxygen atoms in total. The van der Waals surface area contributed by atoms with Gasteiger partial charge in [0.15, 0.2) is 0 Å². The minimum atomic E-state index is 0.999. The Bertz CT molecular complexity index is 2050. The molecule has 2 aliphatic rings. The number of pyridine rings is 1. The zero-order valence-corrected chi connectivity index (χ0v) is 19.2. The molecular formula is C34H21N. The summed E-state index contributed by atoms with van der Waals surface area (Å²) in [4.78, 5) is 0. The second kappa shape index (κ2) is 6.20. The maximum Gasteiger partial charge on any atom is 0.0547 e. The molecule has 0 spiro atoms. The number of nitrogens with zero attached hydrogens (tertiary/aromatic N) is 1. The van der Waals surface area contributed by atoms with Crippen LogP contribution in [0.25, 0.3) is 60.3 Å². The highest BCUT2D eigenvalue weighted by molar-refractivity contribution is 6.21. The molecule has 35 heavy (non-hydrogen) atoms. The third-order valence-electron chi connectivity index (χ3n) is 8.43. The Hall–Kier alpha value is -4.36. The zero-order valence-electron chi connectivity index (χ0n) is 19.2. The first kappa shape index (κ1) is 18.0. The van der Waals surface area contributed by atoms with E-state index in [4.69, 9.17) is 0 Å². The summed E-state index contributed by atoms with van der Waals surface area (Å²) in [6.07, 6.45) is 2.00. The fourth-order valence-corrected chi connectivity index (χ4v) is 6.99. The van der Waals surface area contributed by atoms with Gasteiger partial charge in [0, 0.05) is 16.2 Å². The van der Waals surface area contributed by atoms with E-state index >= 15 is 0 Å². The first-order valence-electron chi connectivity index (χ1n) is 12.5. The van der Waals surface area contributed by atoms with Gasteiger partial charge in [-0.25, -0.2) is 0 Å². The molecule has 5 aromatic carbocycles. The Morgan fingerprint density at radius 3 is 1.86 bits per heavy atom. The van der Waals surface area contributed by atoms with Crippen molar-refractivity contribution in [3.8, 4) is 22.3 Å². The standard InChI is InChI=1S/C34H21N/c1-4-10-23-20(7-1)17-28-25(23)13-14-27-32-19-22-9-3-6-12-30(22)35(32)31-16-15-26-24-11-5-2-8-21(24)18-29(26)34(31)33(27)28/h1-16,19H,17-18H2. The zero-order chi connectivity index (χ0) is 22.7. The molecule has 0 saturated heterocycles. The third-order valence-corrected chi connectivity index (χ3v) is 8.43. The van der Waals surface area contributed by atoms with Crippen LogP contribution in [0.15, 0.2) is 103 Å². The summed E-state index contributed by atoms with van der Waals surface area (Å²) in [5.41, 5.74) is 15.4. The first-order valence-corrected chi connectivity index (χ1v) is 12.5. The van der Waals surface area contributed by atoms with Gasteiger partial charge in [0.2, 0.25) is 0 Å². The number of para-hydroxylation sites is 1. The lowest BCUT2D eigenvalue weighted by atomic mass is 9.91. The van der Waals surface area contributed by atoms with E-state index in [1.807, 2.05) is 0 Å². The lowest BCUT2D eigenvalue weighted by Gasteiger charge is -2.17. The van der Waals surface area contributed by atoms with Crippen LogP contribution >= 0.6 is 0 Å². The van der Waals surface area contributed by atoms with Crippen molar-refractivity contribution in [2.75, 3.05) is 0 Å². The van der Waals surface area contributed by atoms with Crippen LogP contribution in [-0.4, -0.2) is 4.40 Å². The molecule has 0 radical (unpaired) electrons. The molecule has 0 unspecified atom stereocenters. The Morgan fingerprint density at radius 2 is 1.09 bits per heavy atom. The van der Waals surface area contributed by atoms with E-state index in [-0.39, 0.29) is 0 Å². The average molecular weight is 444 g/mol. The largest absolute Gasteiger partial charge is 0.309 e. The molecule has 7 aromatic rings. The quantitative estimate of drug-likeness (QED) is 0.207. The summed E-state index contributed by atoms with van der Waals surface area (Å²) in [5, 5.41) is 5.55. The number of hydrogen-bond donors (Lipinski definition) is 0. The fraction of sp³-hybridized carbons (Fsp3) is 0.0588. The summed E-state index contributed by atoms with van der Waals surface area (Å²) >= 11 is 0. The molecule has 0 amide bonds. The molecule has 0 fully saturated rings. The van der Waals surface area contributed by atoms with Gasteiger partial charge in [0.1, 0.15) is 0 Å². The minimum absolute atomic E-state index is 0.999. The Balaban J connectivity index is 1.55. The minimum Gasteiger partial charge on any atom is -0.309 e. The van der Waals surface area contributed by atoms with Crippen molar-refractivity contribution in [2.45, 2.75) is 12.8 Å². The molecule has 0 N–H and O–H groups in total. The van der Waals surface area contributed by atoms with Gasteiger partial charge in [-0.2, -0.15) is 0 Å². The predicted octanol–water partition coefficient (Wildman–Crippen LogP) is 8.54. The SMILES string of the molecule is c1ccc2c(c1)Cc1c-2ccc2c1c1c3c(ccc1n1c4ccccc4cc21)-c1ccccc1C3. The lowest BCUT2D eigenvalue weighted by Crippen LogP contribution is -1.97. The molecule has 0 saturated carbocycles. The third kappa shape index (κ3) is 2.15. The van der Waals surface area contributed by atoms with Crippen LogP contribution in [0.1, 0.15) is 22.3 Å². The van der Waals surface area contributed by atoms with E-state index in [0.717, 1.165) is 12.8 Å². The molecule has 2 aliphatic carbocycles. The van der Waals surface area contributed by atoms with Gasteiger partial charge in [-0.3, -0.25) is 0 Å². The van der Waals surface area contributed by atoms with E-state index in [1.54, 1.807) is 0 Å².